The molecule has 2 rings (SSSR count). The van der Waals surface area contributed by atoms with Gasteiger partial charge in [0.2, 0.25) is 5.96 Å². The Morgan fingerprint density at radius 1 is 1.39 bits per heavy atom. The minimum atomic E-state index is -0.785. The molecule has 1 aliphatic rings. The smallest absolute Gasteiger partial charge is 0.437 e. The molecule has 0 aromatic heterocycles. The summed E-state index contributed by atoms with van der Waals surface area (Å²) in [5.41, 5.74) is 1.13. The minimum absolute atomic E-state index is 0.0319. The number of rotatable bonds is 2. The lowest BCUT2D eigenvalue weighted by Gasteiger charge is -2.01. The van der Waals surface area contributed by atoms with Crippen LogP contribution in [0, 0.1) is 0 Å². The summed E-state index contributed by atoms with van der Waals surface area (Å²) in [6, 6.07) is 9.23. The van der Waals surface area contributed by atoms with Crippen molar-refractivity contribution < 1.29 is 14.3 Å². The van der Waals surface area contributed by atoms with E-state index in [1.54, 1.807) is 0 Å². The van der Waals surface area contributed by atoms with Crippen molar-refractivity contribution in [2.24, 2.45) is 9.98 Å². The number of aliphatic imine (C=N–C) groups is 2. The van der Waals surface area contributed by atoms with Gasteiger partial charge in [-0.25, -0.2) is 9.79 Å². The second kappa shape index (κ2) is 5.22. The number of hydrogen-bond donors (Lipinski definition) is 1. The average Bonchev–Trinajstić information content (AvgIpc) is 2.67. The van der Waals surface area contributed by atoms with Crippen LogP contribution in [0.3, 0.4) is 0 Å². The van der Waals surface area contributed by atoms with Gasteiger partial charge in [0.15, 0.2) is 0 Å². The SMILES string of the molecule is CC1=N/C(=N/C(=O)OCc2ccccc2)NC1=O. The van der Waals surface area contributed by atoms with E-state index >= 15 is 0 Å². The lowest BCUT2D eigenvalue weighted by atomic mass is 10.2. The van der Waals surface area contributed by atoms with E-state index < -0.39 is 6.09 Å². The van der Waals surface area contributed by atoms with Crippen LogP contribution in [0.1, 0.15) is 12.5 Å². The summed E-state index contributed by atoms with van der Waals surface area (Å²) < 4.78 is 4.91. The predicted molar refractivity (Wildman–Crippen MR) is 65.3 cm³/mol. The molecule has 0 saturated heterocycles. The largest absolute Gasteiger partial charge is 0.443 e. The van der Waals surface area contributed by atoms with Crippen molar-refractivity contribution >= 4 is 23.7 Å². The third kappa shape index (κ3) is 3.00. The van der Waals surface area contributed by atoms with E-state index in [9.17, 15) is 9.59 Å². The molecule has 0 aliphatic carbocycles. The zero-order valence-corrected chi connectivity index (χ0v) is 9.71. The van der Waals surface area contributed by atoms with Crippen molar-refractivity contribution in [1.82, 2.24) is 5.32 Å². The number of nitrogens with one attached hydrogen (secondary N) is 1. The normalized spacial score (nSPS) is 16.4. The molecule has 0 atom stereocenters. The molecule has 0 radical (unpaired) electrons. The van der Waals surface area contributed by atoms with Gasteiger partial charge in [0.05, 0.1) is 0 Å². The van der Waals surface area contributed by atoms with Gasteiger partial charge in [0, 0.05) is 0 Å². The highest BCUT2D eigenvalue weighted by Crippen LogP contribution is 2.02. The topological polar surface area (TPSA) is 80.1 Å². The molecular weight excluding hydrogens is 234 g/mol. The maximum atomic E-state index is 11.4. The number of benzene rings is 1. The van der Waals surface area contributed by atoms with Crippen molar-refractivity contribution in [1.29, 1.82) is 0 Å². The number of amides is 2. The number of carbonyl (C=O) groups is 2. The highest BCUT2D eigenvalue weighted by atomic mass is 16.5. The molecule has 1 aliphatic heterocycles. The van der Waals surface area contributed by atoms with Gasteiger partial charge in [-0.15, -0.1) is 4.99 Å². The van der Waals surface area contributed by atoms with Crippen molar-refractivity contribution in [3.05, 3.63) is 35.9 Å². The van der Waals surface area contributed by atoms with E-state index in [-0.39, 0.29) is 24.2 Å². The Kier molecular flexibility index (Phi) is 3.47. The number of nitrogens with zero attached hydrogens (tertiary/aromatic N) is 2. The fourth-order valence-electron chi connectivity index (χ4n) is 1.32. The molecule has 6 heteroatoms. The third-order valence-electron chi connectivity index (χ3n) is 2.23. The first-order chi connectivity index (χ1) is 8.65. The molecule has 1 aromatic carbocycles. The Morgan fingerprint density at radius 3 is 2.72 bits per heavy atom. The van der Waals surface area contributed by atoms with Crippen LogP contribution in [0.5, 0.6) is 0 Å². The number of ether oxygens (including phenoxy) is 1. The predicted octanol–water partition coefficient (Wildman–Crippen LogP) is 1.27. The average molecular weight is 245 g/mol. The molecule has 0 unspecified atom stereocenters. The Morgan fingerprint density at radius 2 is 2.11 bits per heavy atom. The van der Waals surface area contributed by atoms with Crippen LogP contribution in [0.2, 0.25) is 0 Å². The van der Waals surface area contributed by atoms with Crippen molar-refractivity contribution in [3.8, 4) is 0 Å². The molecule has 18 heavy (non-hydrogen) atoms. The minimum Gasteiger partial charge on any atom is -0.443 e. The van der Waals surface area contributed by atoms with Crippen LogP contribution in [0.4, 0.5) is 4.79 Å². The fraction of sp³-hybridized carbons (Fsp3) is 0.167. The highest BCUT2D eigenvalue weighted by Gasteiger charge is 2.18. The van der Waals surface area contributed by atoms with Gasteiger partial charge in [0.25, 0.3) is 5.91 Å². The lowest BCUT2D eigenvalue weighted by Crippen LogP contribution is -2.25. The van der Waals surface area contributed by atoms with Gasteiger partial charge in [-0.1, -0.05) is 30.3 Å². The second-order valence-electron chi connectivity index (χ2n) is 3.63. The van der Waals surface area contributed by atoms with Gasteiger partial charge in [-0.3, -0.25) is 10.1 Å². The van der Waals surface area contributed by atoms with Crippen LogP contribution in [0.25, 0.3) is 0 Å². The van der Waals surface area contributed by atoms with Gasteiger partial charge in [-0.2, -0.15) is 0 Å². The van der Waals surface area contributed by atoms with E-state index in [0.29, 0.717) is 0 Å². The molecule has 1 N–H and O–H groups in total. The van der Waals surface area contributed by atoms with Gasteiger partial charge >= 0.3 is 6.09 Å². The summed E-state index contributed by atoms with van der Waals surface area (Å²) in [5.74, 6) is -0.389. The molecule has 6 nitrogen and oxygen atoms in total. The summed E-state index contributed by atoms with van der Waals surface area (Å²) in [5, 5.41) is 2.34. The molecule has 1 heterocycles. The number of carbonyl (C=O) groups excluding carboxylic acids is 2. The maximum Gasteiger partial charge on any atom is 0.437 e. The van der Waals surface area contributed by atoms with Gasteiger partial charge in [0.1, 0.15) is 12.3 Å². The maximum absolute atomic E-state index is 11.4. The van der Waals surface area contributed by atoms with Crippen molar-refractivity contribution in [2.75, 3.05) is 0 Å². The van der Waals surface area contributed by atoms with E-state index in [1.807, 2.05) is 30.3 Å². The molecule has 0 bridgehead atoms. The molecule has 92 valence electrons. The number of guanidine groups is 1. The first-order valence-electron chi connectivity index (χ1n) is 5.31. The standard InChI is InChI=1S/C12H11N3O3/c1-8-10(16)14-11(13-8)15-12(17)18-7-9-5-3-2-4-6-9/h2-6H,7H2,1H3,(H,14,15,16,17). The summed E-state index contributed by atoms with van der Waals surface area (Å²) in [7, 11) is 0. The zero-order valence-electron chi connectivity index (χ0n) is 9.71. The second-order valence-corrected chi connectivity index (χ2v) is 3.63. The van der Waals surface area contributed by atoms with Crippen LogP contribution in [-0.4, -0.2) is 23.7 Å². The molecule has 0 fully saturated rings. The number of hydrogen-bond acceptors (Lipinski definition) is 3. The quantitative estimate of drug-likeness (QED) is 0.852. The zero-order chi connectivity index (χ0) is 13.0. The highest BCUT2D eigenvalue weighted by molar-refractivity contribution is 6.46. The van der Waals surface area contributed by atoms with Crippen molar-refractivity contribution in [2.45, 2.75) is 13.5 Å². The Balaban J connectivity index is 1.90. The Labute approximate surface area is 103 Å². The van der Waals surface area contributed by atoms with E-state index in [4.69, 9.17) is 4.74 Å². The summed E-state index contributed by atoms with van der Waals surface area (Å²) in [4.78, 5) is 29.7. The van der Waals surface area contributed by atoms with Gasteiger partial charge in [-0.05, 0) is 12.5 Å². The first kappa shape index (κ1) is 12.0. The summed E-state index contributed by atoms with van der Waals surface area (Å²) >= 11 is 0. The van der Waals surface area contributed by atoms with Crippen LogP contribution < -0.4 is 5.32 Å². The molecule has 0 spiro atoms. The summed E-state index contributed by atoms with van der Waals surface area (Å²) in [6.45, 7) is 1.67. The van der Waals surface area contributed by atoms with Crippen LogP contribution >= 0.6 is 0 Å². The third-order valence-corrected chi connectivity index (χ3v) is 2.23. The Bertz CT molecular complexity index is 535. The van der Waals surface area contributed by atoms with E-state index in [2.05, 4.69) is 15.3 Å². The Hall–Kier alpha value is -2.50. The fourth-order valence-corrected chi connectivity index (χ4v) is 1.32. The molecule has 1 aromatic rings. The molecule has 2 amide bonds. The first-order valence-corrected chi connectivity index (χ1v) is 5.31. The van der Waals surface area contributed by atoms with Crippen molar-refractivity contribution in [3.63, 3.8) is 0 Å². The summed E-state index contributed by atoms with van der Waals surface area (Å²) in [6.07, 6.45) is -0.785. The van der Waals surface area contributed by atoms with E-state index in [1.165, 1.54) is 6.92 Å². The van der Waals surface area contributed by atoms with Crippen LogP contribution in [-0.2, 0) is 16.1 Å². The molecular formula is C12H11N3O3. The van der Waals surface area contributed by atoms with Gasteiger partial charge < -0.3 is 4.74 Å². The monoisotopic (exact) mass is 245 g/mol. The molecule has 0 saturated carbocycles. The van der Waals surface area contributed by atoms with E-state index in [0.717, 1.165) is 5.56 Å². The lowest BCUT2D eigenvalue weighted by molar-refractivity contribution is -0.113. The van der Waals surface area contributed by atoms with Crippen LogP contribution in [0.15, 0.2) is 40.3 Å².